The molecule has 0 fully saturated rings. The zero-order valence-electron chi connectivity index (χ0n) is 7.86. The van der Waals surface area contributed by atoms with Gasteiger partial charge in [0, 0.05) is 21.5 Å². The van der Waals surface area contributed by atoms with Crippen LogP contribution in [0.15, 0.2) is 23.6 Å². The van der Waals surface area contributed by atoms with Crippen LogP contribution in [-0.2, 0) is 0 Å². The van der Waals surface area contributed by atoms with Crippen LogP contribution in [0.4, 0.5) is 0 Å². The van der Waals surface area contributed by atoms with Crippen LogP contribution in [0.5, 0.6) is 0 Å². The Hall–Kier alpha value is -1.41. The van der Waals surface area contributed by atoms with Crippen molar-refractivity contribution in [1.82, 2.24) is 0 Å². The monoisotopic (exact) mass is 258 g/mol. The fourth-order valence-corrected chi connectivity index (χ4v) is 3.28. The van der Waals surface area contributed by atoms with Gasteiger partial charge in [0.2, 0.25) is 0 Å². The first kappa shape index (κ1) is 11.1. The van der Waals surface area contributed by atoms with E-state index in [0.717, 1.165) is 4.88 Å². The molecule has 2 heterocycles. The minimum atomic E-state index is -2.14. The lowest BCUT2D eigenvalue weighted by atomic mass is 10.3. The molecule has 0 bridgehead atoms. The predicted molar refractivity (Wildman–Crippen MR) is 61.2 cm³/mol. The van der Waals surface area contributed by atoms with Crippen molar-refractivity contribution in [2.75, 3.05) is 0 Å². The van der Waals surface area contributed by atoms with Crippen LogP contribution in [0.2, 0.25) is 0 Å². The van der Waals surface area contributed by atoms with E-state index in [2.05, 4.69) is 0 Å². The first-order valence-electron chi connectivity index (χ1n) is 4.28. The van der Waals surface area contributed by atoms with Crippen molar-refractivity contribution >= 4 is 28.0 Å². The van der Waals surface area contributed by atoms with Crippen LogP contribution in [0.1, 0.15) is 11.3 Å². The van der Waals surface area contributed by atoms with E-state index < -0.39 is 14.8 Å². The smallest absolute Gasteiger partial charge is 0.258 e. The van der Waals surface area contributed by atoms with Crippen molar-refractivity contribution in [2.24, 2.45) is 0 Å². The molecule has 1 aliphatic heterocycles. The highest BCUT2D eigenvalue weighted by Gasteiger charge is 2.60. The van der Waals surface area contributed by atoms with Crippen LogP contribution in [0.3, 0.4) is 0 Å². The summed E-state index contributed by atoms with van der Waals surface area (Å²) in [4.78, 5) is 19.2. The molecule has 0 saturated heterocycles. The molecular formula is C8H6N2O4S2. The molecule has 1 aromatic rings. The van der Waals surface area contributed by atoms with Gasteiger partial charge in [-0.1, -0.05) is 12.1 Å². The second-order valence-electron chi connectivity index (χ2n) is 3.11. The van der Waals surface area contributed by atoms with Gasteiger partial charge in [-0.05, 0) is 11.4 Å². The average Bonchev–Trinajstić information content (AvgIpc) is 2.87. The van der Waals surface area contributed by atoms with Gasteiger partial charge < -0.3 is 0 Å². The summed E-state index contributed by atoms with van der Waals surface area (Å²) in [7, 11) is 0. The minimum Gasteiger partial charge on any atom is -0.258 e. The number of hydrogen-bond acceptors (Lipinski definition) is 6. The lowest BCUT2D eigenvalue weighted by molar-refractivity contribution is -0.760. The SMILES string of the molecule is O=[N+]([O-])C1([N+](=O)[O-])CC=C(c2cccs2)S1. The van der Waals surface area contributed by atoms with Gasteiger partial charge in [-0.25, -0.2) is 0 Å². The zero-order valence-corrected chi connectivity index (χ0v) is 9.49. The molecule has 0 unspecified atom stereocenters. The number of thiophene rings is 1. The van der Waals surface area contributed by atoms with E-state index in [-0.39, 0.29) is 6.42 Å². The normalized spacial score (nSPS) is 18.1. The van der Waals surface area contributed by atoms with E-state index >= 15 is 0 Å². The molecule has 0 aromatic carbocycles. The van der Waals surface area contributed by atoms with Gasteiger partial charge in [0.1, 0.15) is 16.3 Å². The van der Waals surface area contributed by atoms with E-state index in [4.69, 9.17) is 0 Å². The lowest BCUT2D eigenvalue weighted by Crippen LogP contribution is -2.40. The van der Waals surface area contributed by atoms with E-state index in [1.165, 1.54) is 11.3 Å². The van der Waals surface area contributed by atoms with Gasteiger partial charge >= 0.3 is 4.99 Å². The summed E-state index contributed by atoms with van der Waals surface area (Å²) < 4.78 is 0. The summed E-state index contributed by atoms with van der Waals surface area (Å²) in [5.41, 5.74) is 0. The Bertz CT molecular complexity index is 454. The molecule has 0 saturated carbocycles. The fourth-order valence-electron chi connectivity index (χ4n) is 1.35. The van der Waals surface area contributed by atoms with Gasteiger partial charge in [-0.3, -0.25) is 20.2 Å². The van der Waals surface area contributed by atoms with Gasteiger partial charge in [0.25, 0.3) is 0 Å². The Balaban J connectivity index is 2.28. The molecule has 1 aliphatic rings. The van der Waals surface area contributed by atoms with Gasteiger partial charge in [-0.2, -0.15) is 0 Å². The summed E-state index contributed by atoms with van der Waals surface area (Å²) in [6.07, 6.45) is 1.38. The van der Waals surface area contributed by atoms with Crippen LogP contribution in [0.25, 0.3) is 4.91 Å². The summed E-state index contributed by atoms with van der Waals surface area (Å²) in [5, 5.41) is 23.4. The largest absolute Gasteiger partial charge is 0.513 e. The maximum atomic E-state index is 10.8. The van der Waals surface area contributed by atoms with E-state index in [1.54, 1.807) is 18.2 Å². The van der Waals surface area contributed by atoms with E-state index in [1.807, 2.05) is 5.38 Å². The van der Waals surface area contributed by atoms with Crippen molar-refractivity contribution in [3.05, 3.63) is 48.7 Å². The highest BCUT2D eigenvalue weighted by molar-refractivity contribution is 8.09. The third-order valence-corrected chi connectivity index (χ3v) is 4.59. The van der Waals surface area contributed by atoms with Gasteiger partial charge in [-0.15, -0.1) is 11.3 Å². The first-order chi connectivity index (χ1) is 7.56. The summed E-state index contributed by atoms with van der Waals surface area (Å²) in [5.74, 6) is 0. The first-order valence-corrected chi connectivity index (χ1v) is 5.98. The molecule has 0 atom stereocenters. The topological polar surface area (TPSA) is 86.3 Å². The number of rotatable bonds is 3. The van der Waals surface area contributed by atoms with Crippen molar-refractivity contribution < 1.29 is 9.85 Å². The predicted octanol–water partition coefficient (Wildman–Crippen LogP) is 2.43. The molecule has 2 rings (SSSR count). The summed E-state index contributed by atoms with van der Waals surface area (Å²) >= 11 is 2.12. The minimum absolute atomic E-state index is 0.176. The second-order valence-corrected chi connectivity index (χ2v) is 5.35. The third kappa shape index (κ3) is 1.59. The maximum absolute atomic E-state index is 10.8. The standard InChI is InChI=1S/C8H6N2O4S2/c11-9(12)8(10(13)14)4-3-7(16-8)6-2-1-5-15-6/h1-3,5H,4H2. The molecule has 0 spiro atoms. The molecule has 0 radical (unpaired) electrons. The third-order valence-electron chi connectivity index (χ3n) is 2.16. The molecule has 6 nitrogen and oxygen atoms in total. The fraction of sp³-hybridized carbons (Fsp3) is 0.250. The molecular weight excluding hydrogens is 252 g/mol. The van der Waals surface area contributed by atoms with Crippen molar-refractivity contribution in [3.63, 3.8) is 0 Å². The van der Waals surface area contributed by atoms with E-state index in [0.29, 0.717) is 16.7 Å². The molecule has 0 aliphatic carbocycles. The molecule has 1 aromatic heterocycles. The highest BCUT2D eigenvalue weighted by atomic mass is 32.2. The van der Waals surface area contributed by atoms with E-state index in [9.17, 15) is 20.2 Å². The summed E-state index contributed by atoms with van der Waals surface area (Å²) in [6, 6.07) is 3.60. The highest BCUT2D eigenvalue weighted by Crippen LogP contribution is 2.48. The molecule has 84 valence electrons. The van der Waals surface area contributed by atoms with Crippen LogP contribution >= 0.6 is 23.1 Å². The number of hydrogen-bond donors (Lipinski definition) is 0. The van der Waals surface area contributed by atoms with Gasteiger partial charge in [0.15, 0.2) is 0 Å². The Morgan fingerprint density at radius 3 is 2.44 bits per heavy atom. The second kappa shape index (κ2) is 3.87. The summed E-state index contributed by atoms with van der Waals surface area (Å²) in [6.45, 7) is 0. The Morgan fingerprint density at radius 2 is 2.00 bits per heavy atom. The van der Waals surface area contributed by atoms with Gasteiger partial charge in [0.05, 0.1) is 0 Å². The Morgan fingerprint density at radius 1 is 1.31 bits per heavy atom. The van der Waals surface area contributed by atoms with Crippen LogP contribution in [-0.4, -0.2) is 14.8 Å². The quantitative estimate of drug-likeness (QED) is 0.472. The van der Waals surface area contributed by atoms with Crippen molar-refractivity contribution in [2.45, 2.75) is 11.4 Å². The maximum Gasteiger partial charge on any atom is 0.513 e. The van der Waals surface area contributed by atoms with Crippen molar-refractivity contribution in [3.8, 4) is 0 Å². The zero-order chi connectivity index (χ0) is 11.8. The number of thioether (sulfide) groups is 1. The number of nitrogens with zero attached hydrogens (tertiary/aromatic N) is 2. The molecule has 0 N–H and O–H groups in total. The van der Waals surface area contributed by atoms with Crippen molar-refractivity contribution in [1.29, 1.82) is 0 Å². The molecule has 0 amide bonds. The Labute approximate surface area is 98.3 Å². The Kier molecular flexibility index (Phi) is 2.68. The van der Waals surface area contributed by atoms with Crippen LogP contribution in [0, 0.1) is 20.2 Å². The van der Waals surface area contributed by atoms with Crippen LogP contribution < -0.4 is 0 Å². The molecule has 8 heteroatoms. The molecule has 16 heavy (non-hydrogen) atoms. The lowest BCUT2D eigenvalue weighted by Gasteiger charge is -2.09. The average molecular weight is 258 g/mol. The number of nitro groups is 2.